The summed E-state index contributed by atoms with van der Waals surface area (Å²) >= 11 is 5.82. The molecule has 0 fully saturated rings. The van der Waals surface area contributed by atoms with E-state index in [9.17, 15) is 9.59 Å². The van der Waals surface area contributed by atoms with Crippen LogP contribution >= 0.6 is 39.0 Å². The van der Waals surface area contributed by atoms with Gasteiger partial charge >= 0.3 is 0 Å². The van der Waals surface area contributed by atoms with Crippen LogP contribution < -0.4 is 10.6 Å². The summed E-state index contributed by atoms with van der Waals surface area (Å²) in [4.78, 5) is 24.1. The second-order valence-corrected chi connectivity index (χ2v) is 8.15. The monoisotopic (exact) mass is 448 g/mol. The third kappa shape index (κ3) is 5.38. The number of nitrogens with one attached hydrogen (secondary N) is 2. The minimum atomic E-state index is -0.257. The summed E-state index contributed by atoms with van der Waals surface area (Å²) in [6.07, 6.45) is 0. The third-order valence-electron chi connectivity index (χ3n) is 3.12. The predicted molar refractivity (Wildman–Crippen MR) is 108 cm³/mol. The first-order chi connectivity index (χ1) is 12.6. The van der Waals surface area contributed by atoms with Gasteiger partial charge in [0, 0.05) is 15.7 Å². The van der Waals surface area contributed by atoms with Gasteiger partial charge in [0.05, 0.1) is 5.75 Å². The van der Waals surface area contributed by atoms with Crippen LogP contribution in [-0.2, 0) is 4.79 Å². The number of aromatic nitrogens is 2. The maximum absolute atomic E-state index is 12.1. The largest absolute Gasteiger partial charge is 0.325 e. The van der Waals surface area contributed by atoms with Gasteiger partial charge in [-0.25, -0.2) is 0 Å². The van der Waals surface area contributed by atoms with E-state index in [4.69, 9.17) is 0 Å². The number of carbonyl (C=O) groups is 2. The van der Waals surface area contributed by atoms with E-state index >= 15 is 0 Å². The quantitative estimate of drug-likeness (QED) is 0.434. The van der Waals surface area contributed by atoms with E-state index in [0.29, 0.717) is 15.0 Å². The maximum atomic E-state index is 12.1. The first-order valence-corrected chi connectivity index (χ1v) is 10.1. The van der Waals surface area contributed by atoms with Crippen molar-refractivity contribution < 1.29 is 9.59 Å². The average Bonchev–Trinajstić information content (AvgIpc) is 3.09. The van der Waals surface area contributed by atoms with Gasteiger partial charge in [-0.1, -0.05) is 57.2 Å². The van der Waals surface area contributed by atoms with Gasteiger partial charge in [0.15, 0.2) is 4.34 Å². The summed E-state index contributed by atoms with van der Waals surface area (Å²) in [6, 6.07) is 16.3. The van der Waals surface area contributed by atoms with Crippen molar-refractivity contribution in [2.75, 3.05) is 16.4 Å². The molecule has 2 amide bonds. The molecule has 0 aliphatic heterocycles. The van der Waals surface area contributed by atoms with Crippen molar-refractivity contribution in [2.24, 2.45) is 0 Å². The average molecular weight is 449 g/mol. The Balaban J connectivity index is 1.50. The number of amides is 2. The maximum Gasteiger partial charge on any atom is 0.257 e. The molecule has 2 N–H and O–H groups in total. The topological polar surface area (TPSA) is 84.0 Å². The molecule has 26 heavy (non-hydrogen) atoms. The van der Waals surface area contributed by atoms with E-state index in [1.807, 2.05) is 30.3 Å². The number of thioether (sulfide) groups is 1. The predicted octanol–water partition coefficient (Wildman–Crippen LogP) is 4.28. The van der Waals surface area contributed by atoms with Crippen LogP contribution in [0.2, 0.25) is 0 Å². The number of hydrogen-bond acceptors (Lipinski definition) is 6. The highest BCUT2D eigenvalue weighted by atomic mass is 79.9. The summed E-state index contributed by atoms with van der Waals surface area (Å²) < 4.78 is 1.51. The molecule has 0 saturated carbocycles. The van der Waals surface area contributed by atoms with Gasteiger partial charge in [-0.3, -0.25) is 14.9 Å². The van der Waals surface area contributed by atoms with Crippen LogP contribution in [0, 0.1) is 0 Å². The Kier molecular flexibility index (Phi) is 6.37. The number of benzene rings is 2. The molecule has 0 unspecified atom stereocenters. The van der Waals surface area contributed by atoms with Crippen LogP contribution in [0.4, 0.5) is 10.8 Å². The van der Waals surface area contributed by atoms with Crippen LogP contribution in [-0.4, -0.2) is 27.8 Å². The minimum Gasteiger partial charge on any atom is -0.325 e. The summed E-state index contributed by atoms with van der Waals surface area (Å²) in [5.41, 5.74) is 1.28. The second-order valence-electron chi connectivity index (χ2n) is 5.04. The van der Waals surface area contributed by atoms with Crippen molar-refractivity contribution in [2.45, 2.75) is 4.34 Å². The second kappa shape index (κ2) is 8.93. The number of hydrogen-bond donors (Lipinski definition) is 2. The van der Waals surface area contributed by atoms with E-state index in [-0.39, 0.29) is 17.6 Å². The van der Waals surface area contributed by atoms with Crippen LogP contribution in [0.1, 0.15) is 10.4 Å². The van der Waals surface area contributed by atoms with Gasteiger partial charge in [-0.05, 0) is 36.4 Å². The van der Waals surface area contributed by atoms with Crippen molar-refractivity contribution in [3.8, 4) is 0 Å². The Hall–Kier alpha value is -2.23. The zero-order valence-corrected chi connectivity index (χ0v) is 16.5. The highest BCUT2D eigenvalue weighted by Gasteiger charge is 2.12. The van der Waals surface area contributed by atoms with Gasteiger partial charge in [-0.2, -0.15) is 0 Å². The molecule has 0 atom stereocenters. The summed E-state index contributed by atoms with van der Waals surface area (Å²) in [5.74, 6) is -0.173. The number of rotatable bonds is 6. The van der Waals surface area contributed by atoms with Crippen molar-refractivity contribution in [1.82, 2.24) is 10.2 Å². The van der Waals surface area contributed by atoms with Crippen molar-refractivity contribution in [3.63, 3.8) is 0 Å². The van der Waals surface area contributed by atoms with Gasteiger partial charge in [0.25, 0.3) is 5.91 Å². The van der Waals surface area contributed by atoms with Crippen molar-refractivity contribution in [1.29, 1.82) is 0 Å². The molecule has 3 rings (SSSR count). The fourth-order valence-electron chi connectivity index (χ4n) is 1.94. The van der Waals surface area contributed by atoms with Crippen LogP contribution in [0.3, 0.4) is 0 Å². The first-order valence-electron chi connectivity index (χ1n) is 7.48. The number of para-hydroxylation sites is 1. The molecule has 1 heterocycles. The molecule has 6 nitrogen and oxygen atoms in total. The van der Waals surface area contributed by atoms with E-state index < -0.39 is 0 Å². The van der Waals surface area contributed by atoms with Gasteiger partial charge in [0.2, 0.25) is 11.0 Å². The molecule has 3 aromatic rings. The van der Waals surface area contributed by atoms with Gasteiger partial charge in [-0.15, -0.1) is 10.2 Å². The fraction of sp³-hybridized carbons (Fsp3) is 0.0588. The van der Waals surface area contributed by atoms with Gasteiger partial charge in [0.1, 0.15) is 0 Å². The molecule has 132 valence electrons. The number of anilines is 2. The van der Waals surface area contributed by atoms with Crippen molar-refractivity contribution in [3.05, 3.63) is 64.6 Å². The highest BCUT2D eigenvalue weighted by Crippen LogP contribution is 2.26. The lowest BCUT2D eigenvalue weighted by Crippen LogP contribution is -2.13. The van der Waals surface area contributed by atoms with Crippen LogP contribution in [0.15, 0.2) is 63.4 Å². The van der Waals surface area contributed by atoms with Crippen LogP contribution in [0.5, 0.6) is 0 Å². The molecule has 1 aromatic heterocycles. The molecule has 2 aromatic carbocycles. The Morgan fingerprint density at radius 1 is 1.00 bits per heavy atom. The molecule has 0 bridgehead atoms. The van der Waals surface area contributed by atoms with Crippen LogP contribution in [0.25, 0.3) is 0 Å². The Bertz CT molecular complexity index is 901. The third-order valence-corrected chi connectivity index (χ3v) is 5.62. The SMILES string of the molecule is O=C(CSc1nnc(NC(=O)c2ccc(Br)cc2)s1)Nc1ccccc1. The zero-order chi connectivity index (χ0) is 18.4. The Morgan fingerprint density at radius 3 is 2.46 bits per heavy atom. The minimum absolute atomic E-state index is 0.128. The molecule has 0 aliphatic rings. The Labute approximate surface area is 166 Å². The van der Waals surface area contributed by atoms with E-state index in [1.165, 1.54) is 23.1 Å². The zero-order valence-electron chi connectivity index (χ0n) is 13.3. The molecule has 0 aliphatic carbocycles. The summed E-state index contributed by atoms with van der Waals surface area (Å²) in [6.45, 7) is 0. The lowest BCUT2D eigenvalue weighted by Gasteiger charge is -2.03. The standard InChI is InChI=1S/C17H13BrN4O2S2/c18-12-8-6-11(7-9-12)15(24)20-16-21-22-17(26-16)25-10-14(23)19-13-4-2-1-3-5-13/h1-9H,10H2,(H,19,23)(H,20,21,24). The molecular weight excluding hydrogens is 436 g/mol. The summed E-state index contributed by atoms with van der Waals surface area (Å²) in [5, 5.41) is 13.8. The highest BCUT2D eigenvalue weighted by molar-refractivity contribution is 9.10. The molecule has 0 saturated heterocycles. The lowest BCUT2D eigenvalue weighted by molar-refractivity contribution is -0.113. The molecular formula is C17H13BrN4O2S2. The fourth-order valence-corrected chi connectivity index (χ4v) is 3.75. The molecule has 0 radical (unpaired) electrons. The molecule has 9 heteroatoms. The van der Waals surface area contributed by atoms with E-state index in [0.717, 1.165) is 10.2 Å². The number of halogens is 1. The van der Waals surface area contributed by atoms with Gasteiger partial charge < -0.3 is 5.32 Å². The van der Waals surface area contributed by atoms with E-state index in [1.54, 1.807) is 24.3 Å². The smallest absolute Gasteiger partial charge is 0.257 e. The Morgan fingerprint density at radius 2 is 1.73 bits per heavy atom. The summed E-state index contributed by atoms with van der Waals surface area (Å²) in [7, 11) is 0. The lowest BCUT2D eigenvalue weighted by atomic mass is 10.2. The van der Waals surface area contributed by atoms with Crippen molar-refractivity contribution >= 4 is 61.7 Å². The number of nitrogens with zero attached hydrogens (tertiary/aromatic N) is 2. The van der Waals surface area contributed by atoms with E-state index in [2.05, 4.69) is 36.8 Å². The molecule has 0 spiro atoms. The normalized spacial score (nSPS) is 10.3. The number of carbonyl (C=O) groups excluding carboxylic acids is 2. The first kappa shape index (κ1) is 18.6.